The summed E-state index contributed by atoms with van der Waals surface area (Å²) in [5, 5.41) is 0. The molecule has 2 aliphatic heterocycles. The Hall–Kier alpha value is -5.46. The van der Waals surface area contributed by atoms with E-state index in [0.717, 1.165) is 55.9 Å². The monoisotopic (exact) mass is 818 g/mol. The first-order valence-electron chi connectivity index (χ1n) is 17.9. The van der Waals surface area contributed by atoms with Crippen molar-refractivity contribution in [2.45, 2.75) is 36.8 Å². The summed E-state index contributed by atoms with van der Waals surface area (Å²) in [5.74, 6) is -1.86. The van der Waals surface area contributed by atoms with E-state index in [1.165, 1.54) is 7.11 Å². The number of nitrogens with zero attached hydrogens (tertiary/aromatic N) is 2. The van der Waals surface area contributed by atoms with Crippen molar-refractivity contribution >= 4 is 46.1 Å². The Morgan fingerprint density at radius 2 is 1.05 bits per heavy atom. The number of carbonyl (C=O) groups is 4. The molecule has 298 valence electrons. The van der Waals surface area contributed by atoms with Crippen LogP contribution >= 0.6 is 0 Å². The summed E-state index contributed by atoms with van der Waals surface area (Å²) in [5.41, 5.74) is 8.42. The van der Waals surface area contributed by atoms with E-state index in [-0.39, 0.29) is 51.1 Å². The van der Waals surface area contributed by atoms with Crippen LogP contribution in [0.1, 0.15) is 46.9 Å². The zero-order valence-electron chi connectivity index (χ0n) is 30.8. The van der Waals surface area contributed by atoms with Crippen LogP contribution in [0.15, 0.2) is 97.1 Å². The van der Waals surface area contributed by atoms with Gasteiger partial charge in [-0.3, -0.25) is 4.18 Å². The Balaban J connectivity index is 0.000000174. The maximum Gasteiger partial charge on any atom is 0.455 e. The van der Waals surface area contributed by atoms with Crippen LogP contribution in [-0.4, -0.2) is 98.4 Å². The maximum atomic E-state index is 12.7. The molecule has 17 heteroatoms. The molecule has 57 heavy (non-hydrogen) atoms. The number of rotatable bonds is 6. The summed E-state index contributed by atoms with van der Waals surface area (Å²) in [6.45, 7) is -0.129. The fourth-order valence-electron chi connectivity index (χ4n) is 7.53. The van der Waals surface area contributed by atoms with Gasteiger partial charge in [-0.1, -0.05) is 101 Å². The molecule has 0 spiro atoms. The van der Waals surface area contributed by atoms with Crippen molar-refractivity contribution in [3.8, 4) is 22.3 Å². The highest BCUT2D eigenvalue weighted by Crippen LogP contribution is 2.46. The lowest BCUT2D eigenvalue weighted by Gasteiger charge is -2.31. The van der Waals surface area contributed by atoms with Crippen LogP contribution in [0.25, 0.3) is 22.3 Å². The molecule has 3 atom stereocenters. The molecule has 4 aliphatic rings. The average Bonchev–Trinajstić information content (AvgIpc) is 3.73. The molecule has 0 saturated carbocycles. The minimum Gasteiger partial charge on any atom is -0.560 e. The topological polar surface area (TPSA) is 187 Å². The van der Waals surface area contributed by atoms with E-state index in [0.29, 0.717) is 4.31 Å². The van der Waals surface area contributed by atoms with Gasteiger partial charge in [0.15, 0.2) is 12.1 Å². The number of fused-ring (bicyclic) bond motifs is 6. The van der Waals surface area contributed by atoms with Gasteiger partial charge in [-0.05, 0) is 44.5 Å². The predicted octanol–water partition coefficient (Wildman–Crippen LogP) is 5.22. The highest BCUT2D eigenvalue weighted by Gasteiger charge is 2.47. The minimum absolute atomic E-state index is 0.00387. The smallest absolute Gasteiger partial charge is 0.455 e. The molecule has 0 bridgehead atoms. The summed E-state index contributed by atoms with van der Waals surface area (Å²) in [6, 6.07) is 29.2. The van der Waals surface area contributed by atoms with Crippen molar-refractivity contribution in [2.75, 3.05) is 40.6 Å². The fourth-order valence-corrected chi connectivity index (χ4v) is 9.61. The van der Waals surface area contributed by atoms with Gasteiger partial charge in [-0.25, -0.2) is 19.2 Å². The van der Waals surface area contributed by atoms with E-state index in [1.807, 2.05) is 97.1 Å². The molecule has 8 rings (SSSR count). The summed E-state index contributed by atoms with van der Waals surface area (Å²) in [6.07, 6.45) is -1.84. The molecule has 0 N–H and O–H groups in total. The van der Waals surface area contributed by atoms with Gasteiger partial charge in [0.25, 0.3) is 11.6 Å². The van der Waals surface area contributed by atoms with Crippen molar-refractivity contribution < 1.29 is 59.5 Å². The summed E-state index contributed by atoms with van der Waals surface area (Å²) in [7, 11) is -2.09. The van der Waals surface area contributed by atoms with Crippen LogP contribution in [0.3, 0.4) is 0 Å². The largest absolute Gasteiger partial charge is 0.560 e. The number of carbonyl (C=O) groups excluding carboxylic acids is 4. The lowest BCUT2D eigenvalue weighted by Crippen LogP contribution is -2.53. The minimum atomic E-state index is -4.44. The van der Waals surface area contributed by atoms with Crippen LogP contribution in [0, 0.1) is 0 Å². The Labute approximate surface area is 332 Å². The first-order valence-corrected chi connectivity index (χ1v) is 20.3. The van der Waals surface area contributed by atoms with Crippen LogP contribution in [0.2, 0.25) is 0 Å². The second-order valence-electron chi connectivity index (χ2n) is 13.2. The SMILES string of the molecule is COC(=O)[C@@H]1CCOS(=O)(=O)N1C(=O)OCC1c2ccccc2-c2ccccc21.COC(=O)[C@@H]1CCO[S+]([O-])N1C(=O)OCC1c2ccccc2-c2ccccc21. The standard InChI is InChI=1S/C20H19NO7S.C20H19NO6S/c1-26-19(22)18-10-11-28-29(24,25)21(18)20(23)27-12-17-15-8-4-2-6-13(15)14-7-3-5-9-16(14)17;1-25-19(22)18-10-11-27-28(24)21(18)20(23)26-12-17-15-8-4-2-6-13(15)14-7-3-5-9-16(14)17/h2-9,17-18H,10-12H2,1H3;2-9,17-18H,10-12H2,1H3/t18-;18-,28?/m00/s1. The van der Waals surface area contributed by atoms with Crippen LogP contribution < -0.4 is 0 Å². The van der Waals surface area contributed by atoms with Gasteiger partial charge in [0, 0.05) is 24.7 Å². The summed E-state index contributed by atoms with van der Waals surface area (Å²) in [4.78, 5) is 49.2. The van der Waals surface area contributed by atoms with E-state index >= 15 is 0 Å². The molecule has 1 unspecified atom stereocenters. The maximum absolute atomic E-state index is 12.7. The highest BCUT2D eigenvalue weighted by molar-refractivity contribution is 7.85. The van der Waals surface area contributed by atoms with Gasteiger partial charge in [0.05, 0.1) is 20.8 Å². The van der Waals surface area contributed by atoms with E-state index in [4.69, 9.17) is 22.6 Å². The normalized spacial score (nSPS) is 20.4. The van der Waals surface area contributed by atoms with Crippen LogP contribution in [0.4, 0.5) is 9.59 Å². The Morgan fingerprint density at radius 1 is 0.649 bits per heavy atom. The average molecular weight is 819 g/mol. The number of amides is 2. The quantitative estimate of drug-likeness (QED) is 0.140. The molecule has 2 aliphatic carbocycles. The molecule has 2 heterocycles. The number of benzene rings is 4. The molecule has 4 aromatic rings. The molecule has 0 aromatic heterocycles. The van der Waals surface area contributed by atoms with Crippen LogP contribution in [-0.2, 0) is 58.8 Å². The van der Waals surface area contributed by atoms with E-state index in [1.54, 1.807) is 0 Å². The number of hydrogen-bond donors (Lipinski definition) is 0. The number of esters is 2. The van der Waals surface area contributed by atoms with Crippen molar-refractivity contribution in [3.63, 3.8) is 0 Å². The molecular formula is C40H38N2O13S2. The molecular weight excluding hydrogens is 781 g/mol. The molecule has 15 nitrogen and oxygen atoms in total. The Morgan fingerprint density at radius 3 is 1.51 bits per heavy atom. The van der Waals surface area contributed by atoms with Crippen molar-refractivity contribution in [2.24, 2.45) is 0 Å². The van der Waals surface area contributed by atoms with Gasteiger partial charge in [-0.15, -0.1) is 4.18 Å². The summed E-state index contributed by atoms with van der Waals surface area (Å²) >= 11 is -2.10. The zero-order valence-corrected chi connectivity index (χ0v) is 32.4. The lowest BCUT2D eigenvalue weighted by atomic mass is 9.98. The predicted molar refractivity (Wildman–Crippen MR) is 204 cm³/mol. The lowest BCUT2D eigenvalue weighted by molar-refractivity contribution is -0.146. The molecule has 4 aromatic carbocycles. The number of ether oxygens (including phenoxy) is 4. The number of hydrogen-bond acceptors (Lipinski definition) is 13. The molecule has 2 fully saturated rings. The van der Waals surface area contributed by atoms with E-state index in [9.17, 15) is 32.1 Å². The summed E-state index contributed by atoms with van der Waals surface area (Å²) < 4.78 is 67.7. The van der Waals surface area contributed by atoms with Crippen LogP contribution in [0.5, 0.6) is 0 Å². The molecule has 2 amide bonds. The van der Waals surface area contributed by atoms with Gasteiger partial charge >= 0.3 is 34.4 Å². The van der Waals surface area contributed by atoms with Crippen molar-refractivity contribution in [1.82, 2.24) is 8.61 Å². The Bertz CT molecular complexity index is 2200. The molecule has 2 saturated heterocycles. The van der Waals surface area contributed by atoms with E-state index < -0.39 is 58.2 Å². The highest BCUT2D eigenvalue weighted by atomic mass is 32.2. The van der Waals surface area contributed by atoms with Gasteiger partial charge < -0.3 is 23.5 Å². The van der Waals surface area contributed by atoms with Crippen molar-refractivity contribution in [1.29, 1.82) is 0 Å². The first-order chi connectivity index (χ1) is 27.6. The van der Waals surface area contributed by atoms with Gasteiger partial charge in [0.1, 0.15) is 19.8 Å². The molecule has 0 radical (unpaired) electrons. The third kappa shape index (κ3) is 7.80. The van der Waals surface area contributed by atoms with E-state index in [2.05, 4.69) is 4.74 Å². The number of methoxy groups -OCH3 is 2. The van der Waals surface area contributed by atoms with Crippen molar-refractivity contribution in [3.05, 3.63) is 119 Å². The van der Waals surface area contributed by atoms with Gasteiger partial charge in [-0.2, -0.15) is 12.7 Å². The second kappa shape index (κ2) is 17.0. The first kappa shape index (κ1) is 39.8. The van der Waals surface area contributed by atoms with Gasteiger partial charge in [0.2, 0.25) is 0 Å². The third-order valence-electron chi connectivity index (χ3n) is 10.1. The zero-order chi connectivity index (χ0) is 40.3. The second-order valence-corrected chi connectivity index (χ2v) is 15.8. The Kier molecular flexibility index (Phi) is 11.8. The fraction of sp³-hybridized carbons (Fsp3) is 0.300. The third-order valence-corrected chi connectivity index (χ3v) is 12.6.